The standard InChI is InChI=1S/C8H12N2O2/c1-3-4-10(7(2)5-9)8(12)6-11/h6-7H,3-4H2,1-2H3. The van der Waals surface area contributed by atoms with Crippen LogP contribution < -0.4 is 0 Å². The second-order valence-electron chi connectivity index (χ2n) is 2.45. The molecule has 0 aliphatic heterocycles. The van der Waals surface area contributed by atoms with E-state index < -0.39 is 11.9 Å². The highest BCUT2D eigenvalue weighted by molar-refractivity contribution is 6.23. The van der Waals surface area contributed by atoms with E-state index in [-0.39, 0.29) is 6.29 Å². The number of carbonyl (C=O) groups is 2. The molecular weight excluding hydrogens is 156 g/mol. The lowest BCUT2D eigenvalue weighted by Crippen LogP contribution is -2.39. The van der Waals surface area contributed by atoms with Crippen molar-refractivity contribution >= 4 is 12.2 Å². The summed E-state index contributed by atoms with van der Waals surface area (Å²) in [4.78, 5) is 22.3. The molecule has 0 spiro atoms. The second kappa shape index (κ2) is 5.30. The van der Waals surface area contributed by atoms with E-state index in [4.69, 9.17) is 5.26 Å². The van der Waals surface area contributed by atoms with Gasteiger partial charge in [-0.25, -0.2) is 0 Å². The molecule has 0 radical (unpaired) electrons. The molecule has 0 bridgehead atoms. The first-order valence-corrected chi connectivity index (χ1v) is 3.82. The van der Waals surface area contributed by atoms with Gasteiger partial charge in [0, 0.05) is 6.54 Å². The van der Waals surface area contributed by atoms with Crippen molar-refractivity contribution in [2.75, 3.05) is 6.54 Å². The zero-order valence-electron chi connectivity index (χ0n) is 7.28. The van der Waals surface area contributed by atoms with Gasteiger partial charge in [-0.3, -0.25) is 9.59 Å². The van der Waals surface area contributed by atoms with Crippen LogP contribution in [0.5, 0.6) is 0 Å². The Morgan fingerprint density at radius 3 is 2.67 bits per heavy atom. The summed E-state index contributed by atoms with van der Waals surface area (Å²) in [6.07, 6.45) is 0.981. The molecule has 0 aromatic carbocycles. The predicted molar refractivity (Wildman–Crippen MR) is 43.1 cm³/mol. The Morgan fingerprint density at radius 1 is 1.75 bits per heavy atom. The first kappa shape index (κ1) is 10.6. The highest BCUT2D eigenvalue weighted by Crippen LogP contribution is 1.98. The van der Waals surface area contributed by atoms with E-state index in [1.54, 1.807) is 6.92 Å². The molecule has 1 unspecified atom stereocenters. The van der Waals surface area contributed by atoms with Crippen LogP contribution in [0.4, 0.5) is 0 Å². The van der Waals surface area contributed by atoms with E-state index in [0.717, 1.165) is 6.42 Å². The lowest BCUT2D eigenvalue weighted by atomic mass is 10.3. The number of amides is 1. The number of carbonyl (C=O) groups excluding carboxylic acids is 2. The van der Waals surface area contributed by atoms with Gasteiger partial charge in [0.05, 0.1) is 6.07 Å². The number of hydrogen-bond donors (Lipinski definition) is 0. The van der Waals surface area contributed by atoms with Crippen LogP contribution in [0.25, 0.3) is 0 Å². The van der Waals surface area contributed by atoms with Crippen LogP contribution in [0.15, 0.2) is 0 Å². The van der Waals surface area contributed by atoms with Crippen LogP contribution in [-0.2, 0) is 9.59 Å². The largest absolute Gasteiger partial charge is 0.321 e. The van der Waals surface area contributed by atoms with Gasteiger partial charge in [0.1, 0.15) is 6.04 Å². The molecule has 0 saturated carbocycles. The van der Waals surface area contributed by atoms with Gasteiger partial charge in [-0.1, -0.05) is 6.92 Å². The highest BCUT2D eigenvalue weighted by atomic mass is 16.2. The molecule has 12 heavy (non-hydrogen) atoms. The van der Waals surface area contributed by atoms with Crippen molar-refractivity contribution in [3.8, 4) is 6.07 Å². The third-order valence-electron chi connectivity index (χ3n) is 1.50. The summed E-state index contributed by atoms with van der Waals surface area (Å²) in [6.45, 7) is 3.93. The first-order valence-electron chi connectivity index (χ1n) is 3.82. The lowest BCUT2D eigenvalue weighted by Gasteiger charge is -2.21. The van der Waals surface area contributed by atoms with Gasteiger partial charge in [0.15, 0.2) is 0 Å². The molecule has 0 aromatic heterocycles. The van der Waals surface area contributed by atoms with Crippen molar-refractivity contribution in [2.24, 2.45) is 0 Å². The quantitative estimate of drug-likeness (QED) is 0.449. The third kappa shape index (κ3) is 2.70. The maximum absolute atomic E-state index is 10.9. The molecule has 4 heteroatoms. The van der Waals surface area contributed by atoms with E-state index >= 15 is 0 Å². The fraction of sp³-hybridized carbons (Fsp3) is 0.625. The van der Waals surface area contributed by atoms with Crippen molar-refractivity contribution in [3.05, 3.63) is 0 Å². The molecule has 0 aromatic rings. The van der Waals surface area contributed by atoms with Crippen molar-refractivity contribution in [1.82, 2.24) is 4.90 Å². The van der Waals surface area contributed by atoms with Gasteiger partial charge < -0.3 is 4.90 Å². The van der Waals surface area contributed by atoms with Gasteiger partial charge in [0.25, 0.3) is 5.91 Å². The molecule has 1 atom stereocenters. The third-order valence-corrected chi connectivity index (χ3v) is 1.50. The summed E-state index contributed by atoms with van der Waals surface area (Å²) in [7, 11) is 0. The van der Waals surface area contributed by atoms with Crippen molar-refractivity contribution in [2.45, 2.75) is 26.3 Å². The SMILES string of the molecule is CCCN(C(=O)C=O)C(C)C#N. The van der Waals surface area contributed by atoms with E-state index in [9.17, 15) is 9.59 Å². The monoisotopic (exact) mass is 168 g/mol. The Labute approximate surface area is 71.8 Å². The highest BCUT2D eigenvalue weighted by Gasteiger charge is 2.17. The molecule has 1 amide bonds. The summed E-state index contributed by atoms with van der Waals surface area (Å²) in [6, 6.07) is 1.39. The van der Waals surface area contributed by atoms with Crippen LogP contribution in [0.2, 0.25) is 0 Å². The summed E-state index contributed by atoms with van der Waals surface area (Å²) >= 11 is 0. The zero-order valence-corrected chi connectivity index (χ0v) is 7.28. The average Bonchev–Trinajstić information content (AvgIpc) is 2.11. The summed E-state index contributed by atoms with van der Waals surface area (Å²) in [5.41, 5.74) is 0. The summed E-state index contributed by atoms with van der Waals surface area (Å²) in [5.74, 6) is -0.620. The summed E-state index contributed by atoms with van der Waals surface area (Å²) < 4.78 is 0. The Bertz CT molecular complexity index is 208. The zero-order chi connectivity index (χ0) is 9.56. The topological polar surface area (TPSA) is 61.2 Å². The van der Waals surface area contributed by atoms with Gasteiger partial charge >= 0.3 is 0 Å². The number of hydrogen-bond acceptors (Lipinski definition) is 3. The first-order chi connectivity index (χ1) is 5.67. The van der Waals surface area contributed by atoms with E-state index in [0.29, 0.717) is 6.54 Å². The molecular formula is C8H12N2O2. The minimum atomic E-state index is -0.620. The van der Waals surface area contributed by atoms with Crippen molar-refractivity contribution < 1.29 is 9.59 Å². The van der Waals surface area contributed by atoms with Gasteiger partial charge in [0.2, 0.25) is 6.29 Å². The van der Waals surface area contributed by atoms with Gasteiger partial charge in [-0.15, -0.1) is 0 Å². The van der Waals surface area contributed by atoms with Crippen LogP contribution in [0, 0.1) is 11.3 Å². The van der Waals surface area contributed by atoms with E-state index in [2.05, 4.69) is 0 Å². The van der Waals surface area contributed by atoms with Gasteiger partial charge in [-0.05, 0) is 13.3 Å². The smallest absolute Gasteiger partial charge is 0.287 e. The Morgan fingerprint density at radius 2 is 2.33 bits per heavy atom. The Hall–Kier alpha value is -1.37. The fourth-order valence-electron chi connectivity index (χ4n) is 0.873. The van der Waals surface area contributed by atoms with Crippen molar-refractivity contribution in [3.63, 3.8) is 0 Å². The number of nitriles is 1. The predicted octanol–water partition coefficient (Wildman–Crippen LogP) is 0.336. The molecule has 0 saturated heterocycles. The summed E-state index contributed by atoms with van der Waals surface area (Å²) in [5, 5.41) is 8.52. The maximum atomic E-state index is 10.9. The van der Waals surface area contributed by atoms with Crippen LogP contribution >= 0.6 is 0 Å². The Balaban J connectivity index is 4.33. The lowest BCUT2D eigenvalue weighted by molar-refractivity contribution is -0.139. The minimum absolute atomic E-state index is 0.240. The van der Waals surface area contributed by atoms with Gasteiger partial charge in [-0.2, -0.15) is 5.26 Å². The number of nitrogens with zero attached hydrogens (tertiary/aromatic N) is 2. The number of rotatable bonds is 4. The Kier molecular flexibility index (Phi) is 4.70. The van der Waals surface area contributed by atoms with Crippen LogP contribution in [-0.4, -0.2) is 29.7 Å². The molecule has 0 fully saturated rings. The van der Waals surface area contributed by atoms with E-state index in [1.165, 1.54) is 4.90 Å². The number of aldehydes is 1. The van der Waals surface area contributed by atoms with Crippen molar-refractivity contribution in [1.29, 1.82) is 5.26 Å². The van der Waals surface area contributed by atoms with Crippen LogP contribution in [0.3, 0.4) is 0 Å². The molecule has 0 aliphatic rings. The van der Waals surface area contributed by atoms with E-state index in [1.807, 2.05) is 13.0 Å². The fourth-order valence-corrected chi connectivity index (χ4v) is 0.873. The molecule has 0 N–H and O–H groups in total. The molecule has 66 valence electrons. The normalized spacial score (nSPS) is 11.4. The van der Waals surface area contributed by atoms with Crippen LogP contribution in [0.1, 0.15) is 20.3 Å². The minimum Gasteiger partial charge on any atom is -0.321 e. The molecule has 0 aliphatic carbocycles. The molecule has 4 nitrogen and oxygen atoms in total. The maximum Gasteiger partial charge on any atom is 0.287 e. The molecule has 0 rings (SSSR count). The average molecular weight is 168 g/mol. The molecule has 0 heterocycles. The second-order valence-corrected chi connectivity index (χ2v) is 2.45.